The van der Waals surface area contributed by atoms with Gasteiger partial charge < -0.3 is 19.1 Å². The van der Waals surface area contributed by atoms with Gasteiger partial charge in [-0.05, 0) is 31.2 Å². The van der Waals surface area contributed by atoms with Crippen LogP contribution in [0.1, 0.15) is 8.30 Å². The largest absolute Gasteiger partial charge is 0.457 e. The number of hydrogen-bond acceptors (Lipinski definition) is 4. The molecule has 5 nitrogen and oxygen atoms in total. The monoisotopic (exact) mass is 312 g/mol. The number of nitrogens with zero attached hydrogens (tertiary/aromatic N) is 2. The average molecular weight is 312 g/mol. The number of ether oxygens (including phenoxy) is 2. The Bertz CT molecular complexity index is 918. The summed E-state index contributed by atoms with van der Waals surface area (Å²) in [6.45, 7) is -0.119. The van der Waals surface area contributed by atoms with Crippen molar-refractivity contribution < 1.29 is 17.3 Å². The predicted octanol–water partition coefficient (Wildman–Crippen LogP) is 2.90. The number of fused-ring (bicyclic) bond motifs is 1. The van der Waals surface area contributed by atoms with Crippen molar-refractivity contribution in [2.24, 2.45) is 0 Å². The van der Waals surface area contributed by atoms with Gasteiger partial charge in [-0.3, -0.25) is 0 Å². The third kappa shape index (κ3) is 2.81. The number of imidazole rings is 1. The van der Waals surface area contributed by atoms with Crippen LogP contribution in [0.25, 0.3) is 11.0 Å². The molecule has 0 aliphatic carbocycles. The Balaban J connectivity index is 1.71. The summed E-state index contributed by atoms with van der Waals surface area (Å²) in [7, 11) is 0. The molecule has 0 saturated carbocycles. The highest BCUT2D eigenvalue weighted by Gasteiger charge is 2.36. The second kappa shape index (κ2) is 5.37. The molecule has 118 valence electrons. The zero-order valence-electron chi connectivity index (χ0n) is 14.7. The molecule has 0 spiro atoms. The smallest absolute Gasteiger partial charge is 0.129 e. The molecule has 1 aliphatic heterocycles. The predicted molar refractivity (Wildman–Crippen MR) is 86.8 cm³/mol. The molecule has 0 unspecified atom stereocenters. The second-order valence-electron chi connectivity index (χ2n) is 5.82. The molecular weight excluding hydrogens is 292 g/mol. The van der Waals surface area contributed by atoms with Gasteiger partial charge in [0.15, 0.2) is 0 Å². The Labute approximate surface area is 136 Å². The van der Waals surface area contributed by atoms with E-state index >= 15 is 0 Å². The quantitative estimate of drug-likeness (QED) is 0.805. The first-order valence-electron chi connectivity index (χ1n) is 8.41. The Kier molecular flexibility index (Phi) is 2.82. The molecule has 0 atom stereocenters. The zero-order chi connectivity index (χ0) is 17.7. The first kappa shape index (κ1) is 12.1. The lowest BCUT2D eigenvalue weighted by atomic mass is 10.0. The van der Waals surface area contributed by atoms with Crippen LogP contribution in [-0.2, 0) is 11.2 Å². The summed E-state index contributed by atoms with van der Waals surface area (Å²) in [4.78, 5) is 4.23. The lowest BCUT2D eigenvalue weighted by Gasteiger charge is -2.36. The summed E-state index contributed by atoms with van der Waals surface area (Å²) in [5, 5.41) is 10.4. The van der Waals surface area contributed by atoms with Crippen molar-refractivity contribution in [3.05, 3.63) is 54.4 Å². The van der Waals surface area contributed by atoms with Gasteiger partial charge in [-0.2, -0.15) is 0 Å². The molecule has 1 saturated heterocycles. The lowest BCUT2D eigenvalue weighted by molar-refractivity contribution is -0.184. The maximum absolute atomic E-state index is 10.4. The van der Waals surface area contributed by atoms with E-state index in [9.17, 15) is 5.11 Å². The third-order valence-electron chi connectivity index (χ3n) is 3.79. The van der Waals surface area contributed by atoms with Crippen LogP contribution in [0.4, 0.5) is 0 Å². The standard InChI is InChI=1S/C18H18N2O3/c1-13-2-4-14(5-3-13)23-15-6-7-16-17(8-15)20(12-19-16)9-18(21)10-22-11-18/h2-8,12,21H,9-11H2,1H3/i9D2. The van der Waals surface area contributed by atoms with Gasteiger partial charge >= 0.3 is 0 Å². The van der Waals surface area contributed by atoms with Gasteiger partial charge in [0.05, 0.1) is 39.8 Å². The second-order valence-corrected chi connectivity index (χ2v) is 5.82. The minimum atomic E-state index is -2.04. The Hall–Kier alpha value is -2.37. The summed E-state index contributed by atoms with van der Waals surface area (Å²) in [5.41, 5.74) is 0.762. The molecule has 1 N–H and O–H groups in total. The fourth-order valence-electron chi connectivity index (χ4n) is 2.47. The van der Waals surface area contributed by atoms with Gasteiger partial charge in [-0.15, -0.1) is 0 Å². The number of aromatic nitrogens is 2. The van der Waals surface area contributed by atoms with E-state index in [4.69, 9.17) is 12.2 Å². The van der Waals surface area contributed by atoms with Crippen molar-refractivity contribution in [1.82, 2.24) is 9.55 Å². The summed E-state index contributed by atoms with van der Waals surface area (Å²) in [5.74, 6) is 1.27. The van der Waals surface area contributed by atoms with Crippen LogP contribution in [0.15, 0.2) is 48.8 Å². The van der Waals surface area contributed by atoms with Crippen molar-refractivity contribution in [2.45, 2.75) is 19.0 Å². The molecule has 1 aromatic heterocycles. The summed E-state index contributed by atoms with van der Waals surface area (Å²) >= 11 is 0. The Morgan fingerprint density at radius 2 is 2.00 bits per heavy atom. The van der Waals surface area contributed by atoms with E-state index in [1.54, 1.807) is 18.2 Å². The highest BCUT2D eigenvalue weighted by Crippen LogP contribution is 2.27. The zero-order valence-corrected chi connectivity index (χ0v) is 12.7. The van der Waals surface area contributed by atoms with E-state index in [1.165, 1.54) is 10.9 Å². The van der Waals surface area contributed by atoms with E-state index in [1.807, 2.05) is 31.2 Å². The maximum atomic E-state index is 10.4. The molecule has 1 aliphatic rings. The number of rotatable bonds is 4. The number of aliphatic hydroxyl groups is 1. The fraction of sp³-hybridized carbons (Fsp3) is 0.278. The number of benzene rings is 2. The van der Waals surface area contributed by atoms with Gasteiger partial charge in [0.1, 0.15) is 17.1 Å². The molecular formula is C18H18N2O3. The lowest BCUT2D eigenvalue weighted by Crippen LogP contribution is -2.52. The first-order chi connectivity index (χ1) is 11.9. The highest BCUT2D eigenvalue weighted by molar-refractivity contribution is 5.77. The molecule has 23 heavy (non-hydrogen) atoms. The molecule has 0 radical (unpaired) electrons. The summed E-state index contributed by atoms with van der Waals surface area (Å²) in [6.07, 6.45) is 1.40. The minimum Gasteiger partial charge on any atom is -0.457 e. The van der Waals surface area contributed by atoms with Crippen LogP contribution >= 0.6 is 0 Å². The molecule has 0 amide bonds. The molecule has 2 heterocycles. The van der Waals surface area contributed by atoms with E-state index in [0.717, 1.165) is 5.56 Å². The topological polar surface area (TPSA) is 56.5 Å². The van der Waals surface area contributed by atoms with Gasteiger partial charge in [-0.25, -0.2) is 4.98 Å². The van der Waals surface area contributed by atoms with Gasteiger partial charge in [0.25, 0.3) is 0 Å². The summed E-state index contributed by atoms with van der Waals surface area (Å²) in [6, 6.07) is 13.0. The Morgan fingerprint density at radius 3 is 2.70 bits per heavy atom. The van der Waals surface area contributed by atoms with E-state index in [0.29, 0.717) is 22.5 Å². The number of aryl methyl sites for hydroxylation is 1. The molecule has 2 aromatic carbocycles. The van der Waals surface area contributed by atoms with Crippen LogP contribution in [0.5, 0.6) is 11.5 Å². The van der Waals surface area contributed by atoms with Crippen molar-refractivity contribution in [3.63, 3.8) is 0 Å². The highest BCUT2D eigenvalue weighted by atomic mass is 16.5. The Morgan fingerprint density at radius 1 is 1.26 bits per heavy atom. The van der Waals surface area contributed by atoms with E-state index < -0.39 is 12.1 Å². The van der Waals surface area contributed by atoms with E-state index in [-0.39, 0.29) is 13.2 Å². The van der Waals surface area contributed by atoms with Crippen molar-refractivity contribution >= 4 is 11.0 Å². The van der Waals surface area contributed by atoms with Crippen LogP contribution in [-0.4, -0.2) is 33.5 Å². The van der Waals surface area contributed by atoms with Crippen LogP contribution in [0, 0.1) is 6.92 Å². The van der Waals surface area contributed by atoms with Crippen molar-refractivity contribution in [2.75, 3.05) is 13.2 Å². The molecule has 1 fully saturated rings. The SMILES string of the molecule is [2H]C([2H])(n1cnc2ccc(Oc3ccc(C)cc3)cc21)C1(O)COC1. The average Bonchev–Trinajstić information content (AvgIpc) is 2.98. The first-order valence-corrected chi connectivity index (χ1v) is 7.41. The minimum absolute atomic E-state index is 0.0424. The van der Waals surface area contributed by atoms with Crippen molar-refractivity contribution in [1.29, 1.82) is 0 Å². The molecule has 4 rings (SSSR count). The van der Waals surface area contributed by atoms with Gasteiger partial charge in [0, 0.05) is 6.07 Å². The molecule has 3 aromatic rings. The van der Waals surface area contributed by atoms with Crippen LogP contribution < -0.4 is 4.74 Å². The van der Waals surface area contributed by atoms with Crippen LogP contribution in [0.2, 0.25) is 0 Å². The van der Waals surface area contributed by atoms with E-state index in [2.05, 4.69) is 4.98 Å². The molecule has 0 bridgehead atoms. The summed E-state index contributed by atoms with van der Waals surface area (Å²) < 4.78 is 28.9. The van der Waals surface area contributed by atoms with Gasteiger partial charge in [-0.1, -0.05) is 17.7 Å². The molecule has 5 heteroatoms. The third-order valence-corrected chi connectivity index (χ3v) is 3.79. The maximum Gasteiger partial charge on any atom is 0.129 e. The van der Waals surface area contributed by atoms with Crippen molar-refractivity contribution in [3.8, 4) is 11.5 Å². The normalized spacial score (nSPS) is 18.2. The van der Waals surface area contributed by atoms with Gasteiger partial charge in [0.2, 0.25) is 0 Å². The fourth-order valence-corrected chi connectivity index (χ4v) is 2.47. The number of hydrogen-bond donors (Lipinski definition) is 1. The van der Waals surface area contributed by atoms with Crippen LogP contribution in [0.3, 0.4) is 0 Å².